The minimum Gasteiger partial charge on any atom is -0.470 e. The second kappa shape index (κ2) is 9.99. The molecule has 0 saturated heterocycles. The van der Waals surface area contributed by atoms with Crippen LogP contribution in [0.3, 0.4) is 0 Å². The van der Waals surface area contributed by atoms with E-state index in [1.165, 1.54) is 6.33 Å². The Bertz CT molecular complexity index is 1590. The molecule has 5 rings (SSSR count). The molecular formula is C29H32N8O3. The van der Waals surface area contributed by atoms with Crippen LogP contribution >= 0.6 is 0 Å². The first-order valence-corrected chi connectivity index (χ1v) is 12.9. The van der Waals surface area contributed by atoms with Crippen molar-refractivity contribution in [2.75, 3.05) is 21.3 Å². The van der Waals surface area contributed by atoms with Gasteiger partial charge in [-0.05, 0) is 56.7 Å². The van der Waals surface area contributed by atoms with Gasteiger partial charge in [0.25, 0.3) is 5.91 Å². The van der Waals surface area contributed by atoms with Crippen LogP contribution in [0.1, 0.15) is 45.9 Å². The van der Waals surface area contributed by atoms with Gasteiger partial charge in [0.2, 0.25) is 5.75 Å². The molecule has 0 bridgehead atoms. The van der Waals surface area contributed by atoms with Crippen molar-refractivity contribution in [2.45, 2.75) is 52.6 Å². The number of anilines is 5. The zero-order valence-corrected chi connectivity index (χ0v) is 23.3. The van der Waals surface area contributed by atoms with E-state index in [9.17, 15) is 9.59 Å². The summed E-state index contributed by atoms with van der Waals surface area (Å²) in [6, 6.07) is 16.6. The average Bonchev–Trinajstić information content (AvgIpc) is 3.31. The van der Waals surface area contributed by atoms with Gasteiger partial charge in [0.05, 0.1) is 11.4 Å². The molecule has 0 atom stereocenters. The summed E-state index contributed by atoms with van der Waals surface area (Å²) in [6.07, 6.45) is 1.35. The Morgan fingerprint density at radius 3 is 2.48 bits per heavy atom. The summed E-state index contributed by atoms with van der Waals surface area (Å²) >= 11 is 0. The SMILES string of the molecule is Cc1cc(NC(=O)Nc2cc(C(C)(C)C)nn2-c2ccccc2)ccc1Nc1ncnc2c1OC(C)(C)C(=O)N2. The van der Waals surface area contributed by atoms with Crippen LogP contribution in [0.5, 0.6) is 5.75 Å². The first-order chi connectivity index (χ1) is 18.9. The third-order valence-electron chi connectivity index (χ3n) is 6.40. The molecule has 206 valence electrons. The van der Waals surface area contributed by atoms with Crippen LogP contribution in [0.2, 0.25) is 0 Å². The smallest absolute Gasteiger partial charge is 0.324 e. The minimum absolute atomic E-state index is 0.192. The van der Waals surface area contributed by atoms with Gasteiger partial charge in [0.1, 0.15) is 12.1 Å². The first-order valence-electron chi connectivity index (χ1n) is 12.9. The number of urea groups is 1. The van der Waals surface area contributed by atoms with E-state index in [-0.39, 0.29) is 11.3 Å². The number of rotatable bonds is 5. The van der Waals surface area contributed by atoms with E-state index < -0.39 is 11.6 Å². The fourth-order valence-electron chi connectivity index (χ4n) is 4.10. The van der Waals surface area contributed by atoms with Gasteiger partial charge in [0, 0.05) is 22.9 Å². The Hall–Kier alpha value is -4.93. The van der Waals surface area contributed by atoms with Gasteiger partial charge in [-0.2, -0.15) is 5.10 Å². The number of benzene rings is 2. The Balaban J connectivity index is 1.32. The van der Waals surface area contributed by atoms with Crippen LogP contribution in [-0.2, 0) is 10.2 Å². The van der Waals surface area contributed by atoms with E-state index in [0.717, 1.165) is 22.6 Å². The van der Waals surface area contributed by atoms with Crippen LogP contribution in [0.15, 0.2) is 60.9 Å². The highest BCUT2D eigenvalue weighted by Gasteiger charge is 2.37. The molecule has 2 aromatic carbocycles. The number of aromatic nitrogens is 4. The molecule has 0 aliphatic carbocycles. The monoisotopic (exact) mass is 540 g/mol. The summed E-state index contributed by atoms with van der Waals surface area (Å²) in [6.45, 7) is 11.5. The van der Waals surface area contributed by atoms with Crippen LogP contribution in [0.25, 0.3) is 5.69 Å². The quantitative estimate of drug-likeness (QED) is 0.253. The molecule has 0 fully saturated rings. The van der Waals surface area contributed by atoms with Crippen LogP contribution in [0.4, 0.5) is 33.6 Å². The van der Waals surface area contributed by atoms with Crippen LogP contribution < -0.4 is 26.0 Å². The van der Waals surface area contributed by atoms with Gasteiger partial charge in [-0.15, -0.1) is 0 Å². The van der Waals surface area contributed by atoms with E-state index in [1.54, 1.807) is 24.6 Å². The number of nitrogens with zero attached hydrogens (tertiary/aromatic N) is 4. The van der Waals surface area contributed by atoms with Crippen molar-refractivity contribution >= 4 is 40.8 Å². The topological polar surface area (TPSA) is 135 Å². The van der Waals surface area contributed by atoms with Crippen molar-refractivity contribution in [2.24, 2.45) is 0 Å². The van der Waals surface area contributed by atoms with E-state index in [4.69, 9.17) is 9.84 Å². The average molecular weight is 541 g/mol. The van der Waals surface area contributed by atoms with Crippen molar-refractivity contribution in [3.05, 3.63) is 72.2 Å². The third-order valence-corrected chi connectivity index (χ3v) is 6.40. The minimum atomic E-state index is -1.06. The number of ether oxygens (including phenoxy) is 1. The fraction of sp³-hybridized carbons (Fsp3) is 0.276. The normalized spacial score (nSPS) is 14.0. The van der Waals surface area contributed by atoms with Gasteiger partial charge in [-0.1, -0.05) is 39.0 Å². The maximum atomic E-state index is 13.0. The second-order valence-electron chi connectivity index (χ2n) is 11.1. The van der Waals surface area contributed by atoms with Crippen molar-refractivity contribution in [3.8, 4) is 11.4 Å². The van der Waals surface area contributed by atoms with Crippen LogP contribution in [-0.4, -0.2) is 37.3 Å². The van der Waals surface area contributed by atoms with Crippen molar-refractivity contribution in [1.29, 1.82) is 0 Å². The molecule has 3 heterocycles. The zero-order chi connectivity index (χ0) is 28.7. The number of fused-ring (bicyclic) bond motifs is 1. The highest BCUT2D eigenvalue weighted by Crippen LogP contribution is 2.38. The molecule has 0 spiro atoms. The third kappa shape index (κ3) is 5.44. The van der Waals surface area contributed by atoms with Crippen molar-refractivity contribution in [1.82, 2.24) is 19.7 Å². The zero-order valence-electron chi connectivity index (χ0n) is 23.3. The molecule has 0 saturated carbocycles. The summed E-state index contributed by atoms with van der Waals surface area (Å²) in [7, 11) is 0. The lowest BCUT2D eigenvalue weighted by molar-refractivity contribution is -0.129. The van der Waals surface area contributed by atoms with Gasteiger partial charge < -0.3 is 20.7 Å². The molecule has 1 aliphatic rings. The lowest BCUT2D eigenvalue weighted by Crippen LogP contribution is -2.46. The Labute approximate surface area is 232 Å². The predicted octanol–water partition coefficient (Wildman–Crippen LogP) is 5.77. The Morgan fingerprint density at radius 2 is 1.77 bits per heavy atom. The van der Waals surface area contributed by atoms with Gasteiger partial charge in [-0.3, -0.25) is 10.1 Å². The maximum absolute atomic E-state index is 13.0. The molecule has 40 heavy (non-hydrogen) atoms. The number of hydrogen-bond donors (Lipinski definition) is 4. The summed E-state index contributed by atoms with van der Waals surface area (Å²) in [5.41, 5.74) is 2.67. The second-order valence-corrected chi connectivity index (χ2v) is 11.1. The lowest BCUT2D eigenvalue weighted by atomic mass is 9.92. The first kappa shape index (κ1) is 26.7. The molecule has 0 radical (unpaired) electrons. The highest BCUT2D eigenvalue weighted by molar-refractivity contribution is 6.01. The summed E-state index contributed by atoms with van der Waals surface area (Å²) < 4.78 is 7.63. The van der Waals surface area contributed by atoms with Crippen molar-refractivity contribution < 1.29 is 14.3 Å². The predicted molar refractivity (Wildman–Crippen MR) is 155 cm³/mol. The molecule has 11 heteroatoms. The molecule has 3 amide bonds. The van der Waals surface area contributed by atoms with Gasteiger partial charge in [-0.25, -0.2) is 19.4 Å². The summed E-state index contributed by atoms with van der Waals surface area (Å²) in [4.78, 5) is 33.6. The Morgan fingerprint density at radius 1 is 1.02 bits per heavy atom. The van der Waals surface area contributed by atoms with E-state index in [2.05, 4.69) is 52.0 Å². The fourth-order valence-corrected chi connectivity index (χ4v) is 4.10. The lowest BCUT2D eigenvalue weighted by Gasteiger charge is -2.31. The number of para-hydroxylation sites is 1. The van der Waals surface area contributed by atoms with Crippen molar-refractivity contribution in [3.63, 3.8) is 0 Å². The Kier molecular flexibility index (Phi) is 6.66. The summed E-state index contributed by atoms with van der Waals surface area (Å²) in [5.74, 6) is 1.36. The molecule has 4 N–H and O–H groups in total. The molecule has 1 aliphatic heterocycles. The number of carbonyl (C=O) groups excluding carboxylic acids is 2. The number of nitrogens with one attached hydrogen (secondary N) is 4. The maximum Gasteiger partial charge on any atom is 0.324 e. The standard InChI is InChI=1S/C29H32N8O3/c1-17-14-18(12-13-20(17)33-24-23-25(31-16-30-24)35-26(38)29(5,6)40-23)32-27(39)34-22-15-21(28(2,3)4)36-37(22)19-10-8-7-9-11-19/h7-16H,1-6H3,(H2,32,34,39)(H2,30,31,33,35,38). The molecule has 4 aromatic rings. The molecule has 2 aromatic heterocycles. The molecule has 11 nitrogen and oxygen atoms in total. The number of aryl methyl sites for hydroxylation is 1. The number of carbonyl (C=O) groups is 2. The van der Waals surface area contributed by atoms with E-state index in [0.29, 0.717) is 28.9 Å². The summed E-state index contributed by atoms with van der Waals surface area (Å²) in [5, 5.41) is 16.6. The van der Waals surface area contributed by atoms with E-state index >= 15 is 0 Å². The molecular weight excluding hydrogens is 508 g/mol. The molecule has 0 unspecified atom stereocenters. The van der Waals surface area contributed by atoms with Crippen LogP contribution in [0, 0.1) is 6.92 Å². The van der Waals surface area contributed by atoms with Gasteiger partial charge in [0.15, 0.2) is 17.2 Å². The van der Waals surface area contributed by atoms with Gasteiger partial charge >= 0.3 is 6.03 Å². The largest absolute Gasteiger partial charge is 0.470 e. The highest BCUT2D eigenvalue weighted by atomic mass is 16.5. The number of hydrogen-bond acceptors (Lipinski definition) is 7. The van der Waals surface area contributed by atoms with E-state index in [1.807, 2.05) is 55.5 Å². The number of amides is 3.